The lowest BCUT2D eigenvalue weighted by molar-refractivity contribution is 0.214. The Bertz CT molecular complexity index is 472. The Morgan fingerprint density at radius 3 is 2.41 bits per heavy atom. The van der Waals surface area contributed by atoms with E-state index in [0.717, 1.165) is 11.3 Å². The molecule has 1 aromatic rings. The molecular weight excluding hydrogens is 214 g/mol. The summed E-state index contributed by atoms with van der Waals surface area (Å²) in [4.78, 5) is 0. The van der Waals surface area contributed by atoms with Gasteiger partial charge in [-0.05, 0) is 23.8 Å². The van der Waals surface area contributed by atoms with Crippen LogP contribution in [0, 0.1) is 0 Å². The summed E-state index contributed by atoms with van der Waals surface area (Å²) in [5.74, 6) is 1.31. The van der Waals surface area contributed by atoms with Gasteiger partial charge in [0.1, 0.15) is 0 Å². The van der Waals surface area contributed by atoms with Crippen LogP contribution < -0.4 is 5.32 Å². The van der Waals surface area contributed by atoms with E-state index in [1.54, 1.807) is 14.2 Å². The Hall–Kier alpha value is -2.16. The lowest BCUT2D eigenvalue weighted by Gasteiger charge is -2.17. The molecular formula is C14H15NO2. The van der Waals surface area contributed by atoms with Crippen LogP contribution in [0.1, 0.15) is 5.56 Å². The zero-order valence-electron chi connectivity index (χ0n) is 9.94. The fourth-order valence-corrected chi connectivity index (χ4v) is 1.60. The van der Waals surface area contributed by atoms with Gasteiger partial charge >= 0.3 is 0 Å². The first kappa shape index (κ1) is 11.3. The third-order valence-corrected chi connectivity index (χ3v) is 2.44. The third-order valence-electron chi connectivity index (χ3n) is 2.44. The summed E-state index contributed by atoms with van der Waals surface area (Å²) in [6.45, 7) is 0. The molecule has 0 aromatic heterocycles. The van der Waals surface area contributed by atoms with Crippen molar-refractivity contribution in [3.05, 3.63) is 65.4 Å². The first-order valence-electron chi connectivity index (χ1n) is 5.37. The maximum Gasteiger partial charge on any atom is 0.234 e. The van der Waals surface area contributed by atoms with E-state index in [1.165, 1.54) is 0 Å². The number of ether oxygens (including phenoxy) is 2. The number of nitrogens with one attached hydrogen (secondary N) is 1. The van der Waals surface area contributed by atoms with E-state index in [0.29, 0.717) is 11.6 Å². The molecule has 1 N–H and O–H groups in total. The highest BCUT2D eigenvalue weighted by molar-refractivity contribution is 5.57. The van der Waals surface area contributed by atoms with Crippen molar-refractivity contribution in [3.8, 4) is 0 Å². The van der Waals surface area contributed by atoms with E-state index in [2.05, 4.69) is 5.32 Å². The summed E-state index contributed by atoms with van der Waals surface area (Å²) in [5.41, 5.74) is 2.10. The van der Waals surface area contributed by atoms with Crippen molar-refractivity contribution >= 4 is 6.08 Å². The second kappa shape index (κ2) is 5.25. The Balaban J connectivity index is 2.21. The molecule has 1 aromatic carbocycles. The molecule has 0 saturated heterocycles. The molecule has 0 saturated carbocycles. The van der Waals surface area contributed by atoms with Gasteiger partial charge in [0.25, 0.3) is 0 Å². The van der Waals surface area contributed by atoms with Gasteiger partial charge in [0, 0.05) is 5.70 Å². The van der Waals surface area contributed by atoms with Crippen LogP contribution >= 0.6 is 0 Å². The smallest absolute Gasteiger partial charge is 0.234 e. The first-order valence-corrected chi connectivity index (χ1v) is 5.37. The summed E-state index contributed by atoms with van der Waals surface area (Å²) in [7, 11) is 3.23. The molecule has 3 nitrogen and oxygen atoms in total. The predicted molar refractivity (Wildman–Crippen MR) is 67.7 cm³/mol. The second-order valence-corrected chi connectivity index (χ2v) is 3.57. The van der Waals surface area contributed by atoms with Crippen LogP contribution in [-0.4, -0.2) is 14.2 Å². The number of benzene rings is 1. The van der Waals surface area contributed by atoms with Crippen molar-refractivity contribution in [1.29, 1.82) is 0 Å². The van der Waals surface area contributed by atoms with Crippen LogP contribution in [0.5, 0.6) is 0 Å². The van der Waals surface area contributed by atoms with Crippen LogP contribution in [0.4, 0.5) is 0 Å². The summed E-state index contributed by atoms with van der Waals surface area (Å²) in [5, 5.41) is 3.16. The zero-order valence-corrected chi connectivity index (χ0v) is 9.94. The Labute approximate surface area is 101 Å². The molecule has 0 aliphatic carbocycles. The molecule has 2 rings (SSSR count). The topological polar surface area (TPSA) is 30.5 Å². The quantitative estimate of drug-likeness (QED) is 0.864. The number of dihydropyridines is 1. The fraction of sp³-hybridized carbons (Fsp3) is 0.143. The molecule has 0 radical (unpaired) electrons. The number of hydrogen-bond acceptors (Lipinski definition) is 3. The van der Waals surface area contributed by atoms with Crippen molar-refractivity contribution in [2.45, 2.75) is 0 Å². The lowest BCUT2D eigenvalue weighted by Crippen LogP contribution is -2.18. The number of rotatable bonds is 3. The van der Waals surface area contributed by atoms with Gasteiger partial charge in [-0.25, -0.2) is 0 Å². The highest BCUT2D eigenvalue weighted by atomic mass is 16.5. The summed E-state index contributed by atoms with van der Waals surface area (Å²) < 4.78 is 10.4. The van der Waals surface area contributed by atoms with Gasteiger partial charge in [0.05, 0.1) is 14.2 Å². The minimum Gasteiger partial charge on any atom is -0.491 e. The molecule has 17 heavy (non-hydrogen) atoms. The average Bonchev–Trinajstić information content (AvgIpc) is 2.40. The fourth-order valence-electron chi connectivity index (χ4n) is 1.60. The highest BCUT2D eigenvalue weighted by Crippen LogP contribution is 2.16. The Kier molecular flexibility index (Phi) is 3.50. The summed E-state index contributed by atoms with van der Waals surface area (Å²) in [6, 6.07) is 10.1. The third kappa shape index (κ3) is 2.69. The number of hydrogen-bond donors (Lipinski definition) is 1. The van der Waals surface area contributed by atoms with Crippen molar-refractivity contribution in [2.75, 3.05) is 14.2 Å². The normalized spacial score (nSPS) is 16.9. The van der Waals surface area contributed by atoms with E-state index in [-0.39, 0.29) is 0 Å². The van der Waals surface area contributed by atoms with Crippen LogP contribution in [-0.2, 0) is 9.47 Å². The van der Waals surface area contributed by atoms with Gasteiger partial charge in [-0.1, -0.05) is 30.3 Å². The Morgan fingerprint density at radius 2 is 1.76 bits per heavy atom. The van der Waals surface area contributed by atoms with Gasteiger partial charge in [-0.3, -0.25) is 0 Å². The van der Waals surface area contributed by atoms with Crippen LogP contribution in [0.2, 0.25) is 0 Å². The van der Waals surface area contributed by atoms with Gasteiger partial charge in [0.2, 0.25) is 5.88 Å². The molecule has 0 atom stereocenters. The minimum atomic E-state index is 0.622. The summed E-state index contributed by atoms with van der Waals surface area (Å²) >= 11 is 0. The van der Waals surface area contributed by atoms with Gasteiger partial charge in [-0.15, -0.1) is 0 Å². The van der Waals surface area contributed by atoms with E-state index < -0.39 is 0 Å². The van der Waals surface area contributed by atoms with Crippen molar-refractivity contribution < 1.29 is 9.47 Å². The summed E-state index contributed by atoms with van der Waals surface area (Å²) in [6.07, 6.45) is 5.88. The molecule has 0 fully saturated rings. The van der Waals surface area contributed by atoms with E-state index in [1.807, 2.05) is 48.6 Å². The standard InChI is InChI=1S/C14H15NO2/c1-16-13-9-8-12(15-14(13)17-2)10-11-6-4-3-5-7-11/h3-10,15H,1-2H3. The molecule has 88 valence electrons. The zero-order chi connectivity index (χ0) is 12.1. The van der Waals surface area contributed by atoms with Gasteiger partial charge < -0.3 is 14.8 Å². The molecule has 1 aliphatic rings. The Morgan fingerprint density at radius 1 is 1.00 bits per heavy atom. The molecule has 3 heteroatoms. The van der Waals surface area contributed by atoms with Crippen LogP contribution in [0.15, 0.2) is 59.8 Å². The van der Waals surface area contributed by atoms with Gasteiger partial charge in [0.15, 0.2) is 5.76 Å². The van der Waals surface area contributed by atoms with Crippen molar-refractivity contribution in [3.63, 3.8) is 0 Å². The molecule has 0 bridgehead atoms. The average molecular weight is 229 g/mol. The molecule has 0 spiro atoms. The molecule has 1 heterocycles. The lowest BCUT2D eigenvalue weighted by atomic mass is 10.1. The van der Waals surface area contributed by atoms with Crippen molar-refractivity contribution in [1.82, 2.24) is 5.32 Å². The van der Waals surface area contributed by atoms with Crippen LogP contribution in [0.3, 0.4) is 0 Å². The van der Waals surface area contributed by atoms with E-state index in [4.69, 9.17) is 9.47 Å². The largest absolute Gasteiger partial charge is 0.491 e. The molecule has 0 unspecified atom stereocenters. The predicted octanol–water partition coefficient (Wildman–Crippen LogP) is 2.65. The van der Waals surface area contributed by atoms with E-state index in [9.17, 15) is 0 Å². The molecule has 0 amide bonds. The van der Waals surface area contributed by atoms with Gasteiger partial charge in [-0.2, -0.15) is 0 Å². The highest BCUT2D eigenvalue weighted by Gasteiger charge is 2.11. The molecule has 1 aliphatic heterocycles. The second-order valence-electron chi connectivity index (χ2n) is 3.57. The maximum absolute atomic E-state index is 5.21. The number of allylic oxidation sites excluding steroid dienone is 2. The monoisotopic (exact) mass is 229 g/mol. The number of methoxy groups -OCH3 is 2. The maximum atomic E-state index is 5.21. The van der Waals surface area contributed by atoms with Crippen LogP contribution in [0.25, 0.3) is 6.08 Å². The minimum absolute atomic E-state index is 0.622. The van der Waals surface area contributed by atoms with Crippen molar-refractivity contribution in [2.24, 2.45) is 0 Å². The first-order chi connectivity index (χ1) is 8.33. The SMILES string of the molecule is COC1=C(OC)NC(=Cc2ccccc2)C=C1. The van der Waals surface area contributed by atoms with E-state index >= 15 is 0 Å².